The summed E-state index contributed by atoms with van der Waals surface area (Å²) in [6.45, 7) is 3.73. The second-order valence-electron chi connectivity index (χ2n) is 4.80. The van der Waals surface area contributed by atoms with Gasteiger partial charge in [0.05, 0.1) is 12.5 Å². The maximum absolute atomic E-state index is 11.7. The first-order valence-corrected chi connectivity index (χ1v) is 5.70. The van der Waals surface area contributed by atoms with Crippen LogP contribution in [0.1, 0.15) is 25.5 Å². The zero-order chi connectivity index (χ0) is 13.3. The van der Waals surface area contributed by atoms with Crippen molar-refractivity contribution in [3.8, 4) is 11.5 Å². The van der Waals surface area contributed by atoms with E-state index in [1.54, 1.807) is 26.0 Å². The number of nitrogens with two attached hydrogens (primary N) is 1. The Labute approximate surface area is 106 Å². The largest absolute Gasteiger partial charge is 0.469 e. The molecular formula is C13H17NO4. The van der Waals surface area contributed by atoms with E-state index in [-0.39, 0.29) is 12.8 Å². The lowest BCUT2D eigenvalue weighted by Crippen LogP contribution is -2.37. The molecule has 0 bridgehead atoms. The molecule has 98 valence electrons. The number of methoxy groups -OCH3 is 1. The Balaban J connectivity index is 2.28. The van der Waals surface area contributed by atoms with Gasteiger partial charge in [0.25, 0.3) is 0 Å². The van der Waals surface area contributed by atoms with Crippen LogP contribution in [0, 0.1) is 5.41 Å². The van der Waals surface area contributed by atoms with Crippen LogP contribution in [-0.2, 0) is 9.53 Å². The van der Waals surface area contributed by atoms with E-state index in [1.165, 1.54) is 7.11 Å². The summed E-state index contributed by atoms with van der Waals surface area (Å²) >= 11 is 0. The minimum atomic E-state index is -0.803. The molecule has 2 N–H and O–H groups in total. The summed E-state index contributed by atoms with van der Waals surface area (Å²) in [5.41, 5.74) is 6.16. The van der Waals surface area contributed by atoms with Crippen molar-refractivity contribution in [3.63, 3.8) is 0 Å². The second kappa shape index (κ2) is 4.49. The van der Waals surface area contributed by atoms with Crippen molar-refractivity contribution in [3.05, 3.63) is 23.8 Å². The molecule has 1 aliphatic heterocycles. The van der Waals surface area contributed by atoms with E-state index >= 15 is 0 Å². The van der Waals surface area contributed by atoms with Crippen LogP contribution in [0.2, 0.25) is 0 Å². The van der Waals surface area contributed by atoms with E-state index in [9.17, 15) is 4.79 Å². The molecule has 0 fully saturated rings. The molecule has 0 aliphatic carbocycles. The van der Waals surface area contributed by atoms with Crippen molar-refractivity contribution < 1.29 is 19.0 Å². The van der Waals surface area contributed by atoms with Crippen LogP contribution < -0.4 is 15.2 Å². The molecule has 1 heterocycles. The highest BCUT2D eigenvalue weighted by atomic mass is 16.7. The van der Waals surface area contributed by atoms with Gasteiger partial charge in [0.1, 0.15) is 0 Å². The van der Waals surface area contributed by atoms with E-state index < -0.39 is 11.5 Å². The van der Waals surface area contributed by atoms with E-state index in [4.69, 9.17) is 19.9 Å². The van der Waals surface area contributed by atoms with Crippen molar-refractivity contribution in [2.45, 2.75) is 19.9 Å². The molecule has 0 saturated heterocycles. The fourth-order valence-corrected chi connectivity index (χ4v) is 1.91. The Morgan fingerprint density at radius 3 is 2.72 bits per heavy atom. The van der Waals surface area contributed by atoms with Crippen LogP contribution in [0.15, 0.2) is 18.2 Å². The monoisotopic (exact) mass is 251 g/mol. The topological polar surface area (TPSA) is 70.8 Å². The molecule has 0 saturated carbocycles. The highest BCUT2D eigenvalue weighted by Crippen LogP contribution is 2.38. The fourth-order valence-electron chi connectivity index (χ4n) is 1.91. The van der Waals surface area contributed by atoms with Gasteiger partial charge in [-0.3, -0.25) is 4.79 Å². The maximum atomic E-state index is 11.7. The minimum absolute atomic E-state index is 0.217. The van der Waals surface area contributed by atoms with Gasteiger partial charge in [0.15, 0.2) is 11.5 Å². The van der Waals surface area contributed by atoms with Crippen molar-refractivity contribution in [2.75, 3.05) is 13.9 Å². The van der Waals surface area contributed by atoms with Gasteiger partial charge in [-0.15, -0.1) is 0 Å². The summed E-state index contributed by atoms with van der Waals surface area (Å²) in [6.07, 6.45) is 0. The smallest absolute Gasteiger partial charge is 0.313 e. The maximum Gasteiger partial charge on any atom is 0.313 e. The Morgan fingerprint density at radius 2 is 2.06 bits per heavy atom. The fraction of sp³-hybridized carbons (Fsp3) is 0.462. The lowest BCUT2D eigenvalue weighted by molar-refractivity contribution is -0.152. The molecule has 18 heavy (non-hydrogen) atoms. The highest BCUT2D eigenvalue weighted by Gasteiger charge is 2.37. The molecule has 0 radical (unpaired) electrons. The van der Waals surface area contributed by atoms with Crippen LogP contribution in [0.4, 0.5) is 0 Å². The van der Waals surface area contributed by atoms with Gasteiger partial charge in [0, 0.05) is 6.04 Å². The number of esters is 1. The number of hydrogen-bond donors (Lipinski definition) is 1. The summed E-state index contributed by atoms with van der Waals surface area (Å²) in [5.74, 6) is 1.01. The van der Waals surface area contributed by atoms with Gasteiger partial charge < -0.3 is 19.9 Å². The van der Waals surface area contributed by atoms with E-state index in [0.717, 1.165) is 5.56 Å². The van der Waals surface area contributed by atoms with E-state index in [2.05, 4.69) is 0 Å². The summed E-state index contributed by atoms with van der Waals surface area (Å²) in [4.78, 5) is 11.7. The second-order valence-corrected chi connectivity index (χ2v) is 4.80. The molecule has 5 nitrogen and oxygen atoms in total. The van der Waals surface area contributed by atoms with Gasteiger partial charge in [-0.2, -0.15) is 0 Å². The predicted molar refractivity (Wildman–Crippen MR) is 65.3 cm³/mol. The Bertz CT molecular complexity index is 470. The first-order valence-electron chi connectivity index (χ1n) is 5.70. The summed E-state index contributed by atoms with van der Waals surface area (Å²) < 4.78 is 15.3. The predicted octanol–water partition coefficient (Wildman–Crippen LogP) is 1.61. The number of benzene rings is 1. The van der Waals surface area contributed by atoms with Crippen LogP contribution in [0.3, 0.4) is 0 Å². The SMILES string of the molecule is COC(=O)C(C)(C)[C@H](N)c1ccc2c(c1)OCO2. The molecule has 0 amide bonds. The van der Waals surface area contributed by atoms with E-state index in [1.807, 2.05) is 6.07 Å². The van der Waals surface area contributed by atoms with Crippen molar-refractivity contribution >= 4 is 5.97 Å². The standard InChI is InChI=1S/C13H17NO4/c1-13(2,12(15)16-3)11(14)8-4-5-9-10(6-8)18-7-17-9/h4-6,11H,7,14H2,1-3H3/t11-/m1/s1. The first kappa shape index (κ1) is 12.7. The Hall–Kier alpha value is -1.75. The first-order chi connectivity index (χ1) is 8.46. The number of hydrogen-bond acceptors (Lipinski definition) is 5. The van der Waals surface area contributed by atoms with Crippen LogP contribution in [0.25, 0.3) is 0 Å². The number of carbonyl (C=O) groups excluding carboxylic acids is 1. The Kier molecular flexibility index (Phi) is 3.17. The van der Waals surface area contributed by atoms with Crippen molar-refractivity contribution in [1.82, 2.24) is 0 Å². The van der Waals surface area contributed by atoms with Gasteiger partial charge in [-0.1, -0.05) is 6.07 Å². The summed E-state index contributed by atoms with van der Waals surface area (Å²) in [5, 5.41) is 0. The Morgan fingerprint density at radius 1 is 1.39 bits per heavy atom. The van der Waals surface area contributed by atoms with Crippen LogP contribution in [-0.4, -0.2) is 19.9 Å². The molecular weight excluding hydrogens is 234 g/mol. The van der Waals surface area contributed by atoms with Gasteiger partial charge in [0.2, 0.25) is 6.79 Å². The zero-order valence-electron chi connectivity index (χ0n) is 10.7. The quantitative estimate of drug-likeness (QED) is 0.826. The van der Waals surface area contributed by atoms with Crippen LogP contribution in [0.5, 0.6) is 11.5 Å². The molecule has 2 rings (SSSR count). The third kappa shape index (κ3) is 2.01. The summed E-state index contributed by atoms with van der Waals surface area (Å²) in [6, 6.07) is 4.96. The molecule has 1 atom stereocenters. The molecule has 0 aromatic heterocycles. The van der Waals surface area contributed by atoms with Crippen LogP contribution >= 0.6 is 0 Å². The normalized spacial score (nSPS) is 15.3. The summed E-state index contributed by atoms with van der Waals surface area (Å²) in [7, 11) is 1.36. The zero-order valence-corrected chi connectivity index (χ0v) is 10.7. The average Bonchev–Trinajstić information content (AvgIpc) is 2.83. The molecule has 1 aromatic rings. The third-order valence-electron chi connectivity index (χ3n) is 3.24. The van der Waals surface area contributed by atoms with E-state index in [0.29, 0.717) is 11.5 Å². The highest BCUT2D eigenvalue weighted by molar-refractivity contribution is 5.77. The molecule has 5 heteroatoms. The van der Waals surface area contributed by atoms with Gasteiger partial charge in [-0.05, 0) is 31.5 Å². The lowest BCUT2D eigenvalue weighted by Gasteiger charge is -2.28. The third-order valence-corrected chi connectivity index (χ3v) is 3.24. The molecule has 1 aromatic carbocycles. The molecule has 1 aliphatic rings. The van der Waals surface area contributed by atoms with Gasteiger partial charge in [-0.25, -0.2) is 0 Å². The average molecular weight is 251 g/mol. The number of ether oxygens (including phenoxy) is 3. The lowest BCUT2D eigenvalue weighted by atomic mass is 9.81. The molecule has 0 spiro atoms. The number of carbonyl (C=O) groups is 1. The number of fused-ring (bicyclic) bond motifs is 1. The van der Waals surface area contributed by atoms with Crippen molar-refractivity contribution in [2.24, 2.45) is 11.1 Å². The minimum Gasteiger partial charge on any atom is -0.469 e. The van der Waals surface area contributed by atoms with Gasteiger partial charge >= 0.3 is 5.97 Å². The van der Waals surface area contributed by atoms with Crippen molar-refractivity contribution in [1.29, 1.82) is 0 Å². The number of rotatable bonds is 3. The molecule has 0 unspecified atom stereocenters.